The summed E-state index contributed by atoms with van der Waals surface area (Å²) in [7, 11) is 1.40. The number of hydrogen-bond acceptors (Lipinski definition) is 6. The van der Waals surface area contributed by atoms with Gasteiger partial charge in [-0.05, 0) is 49.3 Å². The number of nitrogens with two attached hydrogens (primary N) is 1. The quantitative estimate of drug-likeness (QED) is 0.861. The zero-order valence-corrected chi connectivity index (χ0v) is 13.2. The molecule has 2 saturated heterocycles. The number of methoxy groups -OCH3 is 1. The fourth-order valence-corrected chi connectivity index (χ4v) is 4.54. The summed E-state index contributed by atoms with van der Waals surface area (Å²) in [6.07, 6.45) is 4.95. The van der Waals surface area contributed by atoms with Crippen LogP contribution in [0.25, 0.3) is 10.2 Å². The fourth-order valence-electron chi connectivity index (χ4n) is 3.73. The summed E-state index contributed by atoms with van der Waals surface area (Å²) in [5, 5.41) is 0.535. The Kier molecular flexibility index (Phi) is 3.31. The Hall–Kier alpha value is -1.66. The second-order valence-corrected chi connectivity index (χ2v) is 7.14. The first-order valence-electron chi connectivity index (χ1n) is 7.57. The molecule has 2 N–H and O–H groups in total. The van der Waals surface area contributed by atoms with Gasteiger partial charge >= 0.3 is 5.97 Å². The van der Waals surface area contributed by atoms with Crippen molar-refractivity contribution in [3.63, 3.8) is 0 Å². The van der Waals surface area contributed by atoms with Crippen molar-refractivity contribution in [3.8, 4) is 0 Å². The number of nitrogens with zero attached hydrogens (tertiary/aromatic N) is 1. The lowest BCUT2D eigenvalue weighted by molar-refractivity contribution is -0.00361. The molecule has 4 rings (SSSR count). The van der Waals surface area contributed by atoms with Crippen LogP contribution in [0.15, 0.2) is 12.1 Å². The highest BCUT2D eigenvalue weighted by Crippen LogP contribution is 2.43. The van der Waals surface area contributed by atoms with E-state index in [4.69, 9.17) is 15.2 Å². The first-order valence-corrected chi connectivity index (χ1v) is 8.39. The topological polar surface area (TPSA) is 74.4 Å². The maximum atomic E-state index is 11.9. The highest BCUT2D eigenvalue weighted by Gasteiger charge is 2.36. The van der Waals surface area contributed by atoms with Crippen LogP contribution in [0.1, 0.15) is 47.5 Å². The highest BCUT2D eigenvalue weighted by molar-refractivity contribution is 7.22. The van der Waals surface area contributed by atoms with Gasteiger partial charge in [-0.25, -0.2) is 9.78 Å². The van der Waals surface area contributed by atoms with Gasteiger partial charge in [0, 0.05) is 0 Å². The third-order valence-corrected chi connectivity index (χ3v) is 5.52. The van der Waals surface area contributed by atoms with Gasteiger partial charge in [-0.1, -0.05) is 11.3 Å². The molecule has 0 amide bonds. The molecule has 0 aliphatic carbocycles. The number of carbonyl (C=O) groups is 1. The van der Waals surface area contributed by atoms with E-state index >= 15 is 0 Å². The molecule has 6 heteroatoms. The van der Waals surface area contributed by atoms with E-state index in [0.717, 1.165) is 41.5 Å². The molecule has 1 aromatic heterocycles. The Morgan fingerprint density at radius 3 is 2.77 bits per heavy atom. The van der Waals surface area contributed by atoms with Gasteiger partial charge in [0.05, 0.1) is 35.1 Å². The largest absolute Gasteiger partial charge is 0.465 e. The minimum atomic E-state index is -0.315. The Balaban J connectivity index is 1.82. The normalized spacial score (nSPS) is 27.2. The van der Waals surface area contributed by atoms with Gasteiger partial charge in [0.25, 0.3) is 0 Å². The molecular weight excluding hydrogens is 300 g/mol. The molecule has 3 heterocycles. The minimum absolute atomic E-state index is 0.315. The molecule has 1 aromatic carbocycles. The zero-order valence-electron chi connectivity index (χ0n) is 12.4. The van der Waals surface area contributed by atoms with Gasteiger partial charge in [0.15, 0.2) is 5.13 Å². The molecule has 2 atom stereocenters. The third-order valence-electron chi connectivity index (χ3n) is 4.69. The maximum absolute atomic E-state index is 11.9. The van der Waals surface area contributed by atoms with Crippen molar-refractivity contribution < 1.29 is 14.3 Å². The summed E-state index contributed by atoms with van der Waals surface area (Å²) >= 11 is 1.42. The molecule has 2 aromatic rings. The van der Waals surface area contributed by atoms with Crippen LogP contribution in [0.2, 0.25) is 0 Å². The molecule has 2 aliphatic heterocycles. The number of thiazole rings is 1. The van der Waals surface area contributed by atoms with Crippen molar-refractivity contribution in [1.29, 1.82) is 0 Å². The van der Waals surface area contributed by atoms with Crippen molar-refractivity contribution in [2.24, 2.45) is 0 Å². The smallest absolute Gasteiger partial charge is 0.337 e. The zero-order chi connectivity index (χ0) is 15.3. The van der Waals surface area contributed by atoms with Crippen molar-refractivity contribution in [1.82, 2.24) is 4.98 Å². The number of ether oxygens (including phenoxy) is 2. The Morgan fingerprint density at radius 1 is 1.36 bits per heavy atom. The van der Waals surface area contributed by atoms with Gasteiger partial charge in [0.1, 0.15) is 0 Å². The summed E-state index contributed by atoms with van der Waals surface area (Å²) in [5.41, 5.74) is 8.51. The fraction of sp³-hybridized carbons (Fsp3) is 0.500. The average molecular weight is 318 g/mol. The first kappa shape index (κ1) is 14.0. The van der Waals surface area contributed by atoms with E-state index in [1.807, 2.05) is 12.1 Å². The number of anilines is 1. The van der Waals surface area contributed by atoms with Crippen LogP contribution in [-0.4, -0.2) is 30.3 Å². The van der Waals surface area contributed by atoms with E-state index in [9.17, 15) is 4.79 Å². The standard InChI is InChI=1S/C16H18N2O3S/c1-20-15(19)9-6-12(14-13(7-9)22-16(17)18-14)8-4-10-2-3-11(5-8)21-10/h6-8,10-11H,2-5H2,1H3,(H2,17,18). The number of carbonyl (C=O) groups excluding carboxylic acids is 1. The van der Waals surface area contributed by atoms with Gasteiger partial charge in [-0.2, -0.15) is 0 Å². The maximum Gasteiger partial charge on any atom is 0.337 e. The Bertz CT molecular complexity index is 730. The molecular formula is C16H18N2O3S. The van der Waals surface area contributed by atoms with E-state index in [2.05, 4.69) is 4.98 Å². The summed E-state index contributed by atoms with van der Waals surface area (Å²) in [4.78, 5) is 16.4. The van der Waals surface area contributed by atoms with Gasteiger partial charge in [0.2, 0.25) is 0 Å². The first-order chi connectivity index (χ1) is 10.6. The molecule has 2 fully saturated rings. The predicted molar refractivity (Wildman–Crippen MR) is 85.2 cm³/mol. The van der Waals surface area contributed by atoms with Crippen LogP contribution >= 0.6 is 11.3 Å². The van der Waals surface area contributed by atoms with Crippen molar-refractivity contribution in [2.45, 2.75) is 43.8 Å². The molecule has 5 nitrogen and oxygen atoms in total. The molecule has 116 valence electrons. The summed E-state index contributed by atoms with van der Waals surface area (Å²) < 4.78 is 11.8. The predicted octanol–water partition coefficient (Wildman–Crippen LogP) is 3.09. The Labute approximate surface area is 132 Å². The third kappa shape index (κ3) is 2.27. The molecule has 0 spiro atoms. The second-order valence-electron chi connectivity index (χ2n) is 6.08. The van der Waals surface area contributed by atoms with Crippen molar-refractivity contribution in [3.05, 3.63) is 23.3 Å². The number of nitrogen functional groups attached to an aromatic ring is 1. The second kappa shape index (κ2) is 5.21. The van der Waals surface area contributed by atoms with Crippen molar-refractivity contribution in [2.75, 3.05) is 12.8 Å². The minimum Gasteiger partial charge on any atom is -0.465 e. The number of aromatic nitrogens is 1. The summed E-state index contributed by atoms with van der Waals surface area (Å²) in [6.45, 7) is 0. The molecule has 0 saturated carbocycles. The van der Waals surface area contributed by atoms with E-state index in [-0.39, 0.29) is 5.97 Å². The van der Waals surface area contributed by atoms with E-state index < -0.39 is 0 Å². The van der Waals surface area contributed by atoms with Crippen LogP contribution in [0, 0.1) is 0 Å². The van der Waals surface area contributed by atoms with Crippen LogP contribution in [0.5, 0.6) is 0 Å². The SMILES string of the molecule is COC(=O)c1cc(C2CC3CCC(C2)O3)c2nc(N)sc2c1. The monoisotopic (exact) mass is 318 g/mol. The summed E-state index contributed by atoms with van der Waals surface area (Å²) in [5.74, 6) is 0.0602. The van der Waals surface area contributed by atoms with E-state index in [1.165, 1.54) is 18.4 Å². The average Bonchev–Trinajstić information content (AvgIpc) is 3.06. The van der Waals surface area contributed by atoms with Crippen LogP contribution < -0.4 is 5.73 Å². The lowest BCUT2D eigenvalue weighted by Crippen LogP contribution is -2.24. The van der Waals surface area contributed by atoms with E-state index in [0.29, 0.717) is 28.8 Å². The van der Waals surface area contributed by atoms with E-state index in [1.54, 1.807) is 0 Å². The van der Waals surface area contributed by atoms with Gasteiger partial charge in [-0.15, -0.1) is 0 Å². The Morgan fingerprint density at radius 2 is 2.09 bits per heavy atom. The van der Waals surface area contributed by atoms with Gasteiger partial charge < -0.3 is 15.2 Å². The molecule has 2 bridgehead atoms. The lowest BCUT2D eigenvalue weighted by atomic mass is 9.87. The van der Waals surface area contributed by atoms with Crippen LogP contribution in [0.3, 0.4) is 0 Å². The lowest BCUT2D eigenvalue weighted by Gasteiger charge is -2.29. The molecule has 0 radical (unpaired) electrons. The number of esters is 1. The molecule has 22 heavy (non-hydrogen) atoms. The van der Waals surface area contributed by atoms with Gasteiger partial charge in [-0.3, -0.25) is 0 Å². The van der Waals surface area contributed by atoms with Crippen molar-refractivity contribution >= 4 is 32.7 Å². The number of benzene rings is 1. The van der Waals surface area contributed by atoms with Crippen LogP contribution in [-0.2, 0) is 9.47 Å². The highest BCUT2D eigenvalue weighted by atomic mass is 32.1. The number of fused-ring (bicyclic) bond motifs is 3. The number of hydrogen-bond donors (Lipinski definition) is 1. The molecule has 2 aliphatic rings. The number of rotatable bonds is 2. The van der Waals surface area contributed by atoms with Crippen LogP contribution in [0.4, 0.5) is 5.13 Å². The summed E-state index contributed by atoms with van der Waals surface area (Å²) in [6, 6.07) is 3.76. The molecule has 2 unspecified atom stereocenters.